The van der Waals surface area contributed by atoms with Gasteiger partial charge in [0, 0.05) is 42.8 Å². The first-order valence-corrected chi connectivity index (χ1v) is 11.4. The maximum Gasteiger partial charge on any atom is 0.233 e. The zero-order valence-electron chi connectivity index (χ0n) is 17.6. The van der Waals surface area contributed by atoms with Crippen LogP contribution in [0.25, 0.3) is 22.1 Å². The van der Waals surface area contributed by atoms with Crippen LogP contribution in [-0.4, -0.2) is 62.9 Å². The molecule has 0 atom stereocenters. The largest absolute Gasteiger partial charge is 0.368 e. The van der Waals surface area contributed by atoms with Gasteiger partial charge in [0.15, 0.2) is 5.65 Å². The van der Waals surface area contributed by atoms with Gasteiger partial charge in [0.05, 0.1) is 5.75 Å². The van der Waals surface area contributed by atoms with Crippen molar-refractivity contribution >= 4 is 45.4 Å². The molecule has 2 aromatic heterocycles. The highest BCUT2D eigenvalue weighted by atomic mass is 32.2. The van der Waals surface area contributed by atoms with E-state index in [1.54, 1.807) is 0 Å². The molecule has 0 unspecified atom stereocenters. The van der Waals surface area contributed by atoms with Gasteiger partial charge in [-0.15, -0.1) is 10.2 Å². The second-order valence-corrected chi connectivity index (χ2v) is 8.86. The van der Waals surface area contributed by atoms with Crippen LogP contribution in [0.5, 0.6) is 0 Å². The Morgan fingerprint density at radius 3 is 2.61 bits per heavy atom. The molecule has 8 heteroatoms. The molecule has 1 N–H and O–H groups in total. The topological polar surface area (TPSA) is 78.0 Å². The molecular weight excluding hydrogens is 408 g/mol. The average Bonchev–Trinajstić information content (AvgIpc) is 3.16. The van der Waals surface area contributed by atoms with E-state index in [9.17, 15) is 4.79 Å². The summed E-state index contributed by atoms with van der Waals surface area (Å²) in [6, 6.07) is 14.6. The van der Waals surface area contributed by atoms with Gasteiger partial charge >= 0.3 is 0 Å². The first-order chi connectivity index (χ1) is 15.1. The highest BCUT2D eigenvalue weighted by Gasteiger charge is 2.22. The number of aryl methyl sites for hydroxylation is 2. The number of para-hydroxylation sites is 1. The van der Waals surface area contributed by atoms with Crippen LogP contribution < -0.4 is 4.90 Å². The van der Waals surface area contributed by atoms with E-state index >= 15 is 0 Å². The number of hydrogen-bond acceptors (Lipinski definition) is 6. The number of H-pyrrole nitrogens is 1. The molecule has 1 fully saturated rings. The SMILES string of the molecule is Cc1cc(C)c2c(c1)[nH]c1nnc(SCC(=O)N3CCN(c4ccccc4)CC3)nc12. The number of anilines is 1. The molecule has 5 rings (SSSR count). The summed E-state index contributed by atoms with van der Waals surface area (Å²) in [5.74, 6) is 0.436. The molecule has 1 amide bonds. The summed E-state index contributed by atoms with van der Waals surface area (Å²) in [5, 5.41) is 10.1. The predicted octanol–water partition coefficient (Wildman–Crippen LogP) is 3.56. The summed E-state index contributed by atoms with van der Waals surface area (Å²) in [4.78, 5) is 25.0. The Labute approximate surface area is 184 Å². The first kappa shape index (κ1) is 19.8. The molecule has 1 saturated heterocycles. The minimum Gasteiger partial charge on any atom is -0.368 e. The van der Waals surface area contributed by atoms with E-state index < -0.39 is 0 Å². The van der Waals surface area contributed by atoms with Crippen molar-refractivity contribution in [2.75, 3.05) is 36.8 Å². The lowest BCUT2D eigenvalue weighted by Gasteiger charge is -2.36. The molecule has 3 heterocycles. The lowest BCUT2D eigenvalue weighted by molar-refractivity contribution is -0.128. The monoisotopic (exact) mass is 432 g/mol. The quantitative estimate of drug-likeness (QED) is 0.497. The van der Waals surface area contributed by atoms with Gasteiger partial charge in [-0.3, -0.25) is 4.79 Å². The number of thioether (sulfide) groups is 1. The van der Waals surface area contributed by atoms with Crippen LogP contribution in [0.4, 0.5) is 5.69 Å². The van der Waals surface area contributed by atoms with E-state index in [-0.39, 0.29) is 5.91 Å². The highest BCUT2D eigenvalue weighted by molar-refractivity contribution is 7.99. The Balaban J connectivity index is 1.25. The number of carbonyl (C=O) groups excluding carboxylic acids is 1. The van der Waals surface area contributed by atoms with Crippen LogP contribution in [-0.2, 0) is 4.79 Å². The first-order valence-electron chi connectivity index (χ1n) is 10.4. The van der Waals surface area contributed by atoms with E-state index in [2.05, 4.69) is 58.2 Å². The molecule has 0 radical (unpaired) electrons. The number of amides is 1. The van der Waals surface area contributed by atoms with E-state index in [1.165, 1.54) is 23.0 Å². The Morgan fingerprint density at radius 1 is 1.06 bits per heavy atom. The van der Waals surface area contributed by atoms with Crippen LogP contribution in [0.1, 0.15) is 11.1 Å². The van der Waals surface area contributed by atoms with Crippen LogP contribution in [0.2, 0.25) is 0 Å². The number of hydrogen-bond donors (Lipinski definition) is 1. The van der Waals surface area contributed by atoms with Gasteiger partial charge in [-0.25, -0.2) is 4.98 Å². The second-order valence-electron chi connectivity index (χ2n) is 7.91. The molecule has 0 aliphatic carbocycles. The van der Waals surface area contributed by atoms with Crippen LogP contribution in [0.3, 0.4) is 0 Å². The summed E-state index contributed by atoms with van der Waals surface area (Å²) in [6.45, 7) is 7.30. The summed E-state index contributed by atoms with van der Waals surface area (Å²) in [5.41, 5.74) is 6.07. The van der Waals surface area contributed by atoms with Crippen molar-refractivity contribution in [3.63, 3.8) is 0 Å². The fourth-order valence-electron chi connectivity index (χ4n) is 4.21. The Bertz CT molecular complexity index is 1250. The van der Waals surface area contributed by atoms with Gasteiger partial charge < -0.3 is 14.8 Å². The number of aromatic amines is 1. The Hall–Kier alpha value is -3.13. The lowest BCUT2D eigenvalue weighted by Crippen LogP contribution is -2.49. The predicted molar refractivity (Wildman–Crippen MR) is 125 cm³/mol. The summed E-state index contributed by atoms with van der Waals surface area (Å²) in [7, 11) is 0. The average molecular weight is 433 g/mol. The minimum atomic E-state index is 0.118. The molecule has 1 aliphatic rings. The van der Waals surface area contributed by atoms with Crippen LogP contribution >= 0.6 is 11.8 Å². The molecule has 0 spiro atoms. The van der Waals surface area contributed by atoms with Gasteiger partial charge in [0.25, 0.3) is 0 Å². The fourth-order valence-corrected chi connectivity index (χ4v) is 4.90. The summed E-state index contributed by atoms with van der Waals surface area (Å²) >= 11 is 1.35. The van der Waals surface area contributed by atoms with Crippen molar-refractivity contribution < 1.29 is 4.79 Å². The third-order valence-electron chi connectivity index (χ3n) is 5.72. The maximum absolute atomic E-state index is 12.7. The maximum atomic E-state index is 12.7. The number of carbonyl (C=O) groups is 1. The summed E-state index contributed by atoms with van der Waals surface area (Å²) < 4.78 is 0. The zero-order chi connectivity index (χ0) is 21.4. The van der Waals surface area contributed by atoms with E-state index in [0.29, 0.717) is 16.6 Å². The molecule has 158 valence electrons. The molecule has 1 aliphatic heterocycles. The van der Waals surface area contributed by atoms with Gasteiger partial charge in [-0.2, -0.15) is 0 Å². The van der Waals surface area contributed by atoms with Gasteiger partial charge in [-0.05, 0) is 43.2 Å². The zero-order valence-corrected chi connectivity index (χ0v) is 18.4. The number of benzene rings is 2. The van der Waals surface area contributed by atoms with Crippen LogP contribution in [0, 0.1) is 13.8 Å². The molecule has 31 heavy (non-hydrogen) atoms. The second kappa shape index (κ2) is 8.19. The summed E-state index contributed by atoms with van der Waals surface area (Å²) in [6.07, 6.45) is 0. The van der Waals surface area contributed by atoms with E-state index in [1.807, 2.05) is 23.1 Å². The number of nitrogens with zero attached hydrogens (tertiary/aromatic N) is 5. The third-order valence-corrected chi connectivity index (χ3v) is 6.54. The molecule has 0 saturated carbocycles. The fraction of sp³-hybridized carbons (Fsp3) is 0.304. The van der Waals surface area contributed by atoms with Crippen LogP contribution in [0.15, 0.2) is 47.6 Å². The molecular formula is C23H24N6OS. The Kier molecular flexibility index (Phi) is 5.23. The molecule has 0 bridgehead atoms. The molecule has 2 aromatic carbocycles. The van der Waals surface area contributed by atoms with Crippen molar-refractivity contribution in [1.29, 1.82) is 0 Å². The van der Waals surface area contributed by atoms with Gasteiger partial charge in [0.1, 0.15) is 5.52 Å². The van der Waals surface area contributed by atoms with Gasteiger partial charge in [0.2, 0.25) is 11.1 Å². The number of nitrogens with one attached hydrogen (secondary N) is 1. The highest BCUT2D eigenvalue weighted by Crippen LogP contribution is 2.28. The van der Waals surface area contributed by atoms with Crippen molar-refractivity contribution in [2.24, 2.45) is 0 Å². The minimum absolute atomic E-state index is 0.118. The standard InChI is InChI=1S/C23H24N6OS/c1-15-12-16(2)20-18(13-15)24-22-21(20)25-23(27-26-22)31-14-19(30)29-10-8-28(9-11-29)17-6-4-3-5-7-17/h3-7,12-13H,8-11,14H2,1-2H3,(H,24,26). The smallest absolute Gasteiger partial charge is 0.233 e. The Morgan fingerprint density at radius 2 is 1.84 bits per heavy atom. The number of rotatable bonds is 4. The van der Waals surface area contributed by atoms with Gasteiger partial charge in [-0.1, -0.05) is 36.0 Å². The number of fused-ring (bicyclic) bond motifs is 3. The van der Waals surface area contributed by atoms with E-state index in [4.69, 9.17) is 4.98 Å². The van der Waals surface area contributed by atoms with Crippen molar-refractivity contribution in [3.8, 4) is 0 Å². The number of aromatic nitrogens is 4. The lowest BCUT2D eigenvalue weighted by atomic mass is 10.1. The normalized spacial score (nSPS) is 14.5. The third kappa shape index (κ3) is 3.95. The van der Waals surface area contributed by atoms with Crippen molar-refractivity contribution in [3.05, 3.63) is 53.6 Å². The molecule has 7 nitrogen and oxygen atoms in total. The van der Waals surface area contributed by atoms with Crippen molar-refractivity contribution in [1.82, 2.24) is 25.1 Å². The van der Waals surface area contributed by atoms with E-state index in [0.717, 1.165) is 48.2 Å². The van der Waals surface area contributed by atoms with Crippen molar-refractivity contribution in [2.45, 2.75) is 19.0 Å². The number of piperazine rings is 1. The molecule has 4 aromatic rings.